The average Bonchev–Trinajstić information content (AvgIpc) is 2.79. The lowest BCUT2D eigenvalue weighted by atomic mass is 10.1. The van der Waals surface area contributed by atoms with E-state index in [-0.39, 0.29) is 5.69 Å². The third-order valence-corrected chi connectivity index (χ3v) is 4.97. The second kappa shape index (κ2) is 10.6. The molecule has 9 heteroatoms. The van der Waals surface area contributed by atoms with E-state index in [9.17, 15) is 18.8 Å². The Balaban J connectivity index is 1.57. The summed E-state index contributed by atoms with van der Waals surface area (Å²) in [4.78, 5) is 36.1. The van der Waals surface area contributed by atoms with E-state index in [2.05, 4.69) is 31.8 Å². The van der Waals surface area contributed by atoms with Crippen LogP contribution in [0.2, 0.25) is 0 Å². The van der Waals surface area contributed by atoms with Gasteiger partial charge in [0.25, 0.3) is 0 Å². The summed E-state index contributed by atoms with van der Waals surface area (Å²) in [7, 11) is 0. The number of nitrogens with zero attached hydrogens (tertiary/aromatic N) is 1. The standard InChI is InChI=1S/C24H19BrFN3O4/c1-14-3-5-17(6-4-14)24(32)33-19-10-7-16(8-11-19)15(2)28-29-23(31)22(30)27-21-12-9-18(25)13-20(21)26/h3-13H,1-2H3,(H,27,30)(H,29,31). The quantitative estimate of drug-likeness (QED) is 0.172. The fourth-order valence-corrected chi connectivity index (χ4v) is 2.97. The first-order valence-electron chi connectivity index (χ1n) is 9.73. The zero-order chi connectivity index (χ0) is 24.0. The van der Waals surface area contributed by atoms with Crippen molar-refractivity contribution in [3.63, 3.8) is 0 Å². The summed E-state index contributed by atoms with van der Waals surface area (Å²) in [6.07, 6.45) is 0. The van der Waals surface area contributed by atoms with Gasteiger partial charge in [-0.15, -0.1) is 0 Å². The van der Waals surface area contributed by atoms with E-state index in [1.165, 1.54) is 12.1 Å². The Morgan fingerprint density at radius 2 is 1.55 bits per heavy atom. The molecule has 0 heterocycles. The topological polar surface area (TPSA) is 96.9 Å². The van der Waals surface area contributed by atoms with Crippen molar-refractivity contribution in [2.75, 3.05) is 5.32 Å². The molecule has 0 atom stereocenters. The molecular formula is C24H19BrFN3O4. The molecule has 0 aromatic heterocycles. The Kier molecular flexibility index (Phi) is 7.68. The maximum absolute atomic E-state index is 13.8. The number of nitrogens with one attached hydrogen (secondary N) is 2. The lowest BCUT2D eigenvalue weighted by molar-refractivity contribution is -0.136. The third-order valence-electron chi connectivity index (χ3n) is 4.48. The predicted molar refractivity (Wildman–Crippen MR) is 126 cm³/mol. The van der Waals surface area contributed by atoms with Gasteiger partial charge in [0.05, 0.1) is 17.0 Å². The van der Waals surface area contributed by atoms with Crippen LogP contribution < -0.4 is 15.5 Å². The van der Waals surface area contributed by atoms with Crippen molar-refractivity contribution in [1.29, 1.82) is 0 Å². The van der Waals surface area contributed by atoms with Gasteiger partial charge in [-0.3, -0.25) is 9.59 Å². The first kappa shape index (κ1) is 23.8. The number of hydrogen-bond donors (Lipinski definition) is 2. The van der Waals surface area contributed by atoms with Crippen LogP contribution in [0.3, 0.4) is 0 Å². The van der Waals surface area contributed by atoms with Gasteiger partial charge in [-0.1, -0.05) is 33.6 Å². The molecule has 0 saturated heterocycles. The van der Waals surface area contributed by atoms with Gasteiger partial charge in [-0.25, -0.2) is 14.6 Å². The number of halogens is 2. The van der Waals surface area contributed by atoms with Crippen LogP contribution in [0.4, 0.5) is 10.1 Å². The van der Waals surface area contributed by atoms with Crippen LogP contribution in [-0.2, 0) is 9.59 Å². The van der Waals surface area contributed by atoms with Crippen LogP contribution in [0.25, 0.3) is 0 Å². The molecule has 0 unspecified atom stereocenters. The summed E-state index contributed by atoms with van der Waals surface area (Å²) >= 11 is 3.11. The molecule has 0 aliphatic carbocycles. The average molecular weight is 512 g/mol. The van der Waals surface area contributed by atoms with Gasteiger partial charge in [-0.05, 0) is 74.0 Å². The first-order valence-corrected chi connectivity index (χ1v) is 10.5. The second-order valence-electron chi connectivity index (χ2n) is 7.00. The smallest absolute Gasteiger partial charge is 0.343 e. The van der Waals surface area contributed by atoms with E-state index in [0.29, 0.717) is 27.1 Å². The number of amides is 2. The van der Waals surface area contributed by atoms with E-state index >= 15 is 0 Å². The van der Waals surface area contributed by atoms with Crippen molar-refractivity contribution in [2.45, 2.75) is 13.8 Å². The van der Waals surface area contributed by atoms with Gasteiger partial charge in [0.2, 0.25) is 0 Å². The number of carbonyl (C=O) groups excluding carboxylic acids is 3. The molecule has 3 rings (SSSR count). The minimum absolute atomic E-state index is 0.130. The lowest BCUT2D eigenvalue weighted by Crippen LogP contribution is -2.33. The van der Waals surface area contributed by atoms with Crippen LogP contribution in [0.5, 0.6) is 5.75 Å². The molecule has 0 bridgehead atoms. The van der Waals surface area contributed by atoms with Crippen LogP contribution in [0.15, 0.2) is 76.3 Å². The Morgan fingerprint density at radius 3 is 2.18 bits per heavy atom. The minimum atomic E-state index is -1.06. The summed E-state index contributed by atoms with van der Waals surface area (Å²) < 4.78 is 19.6. The monoisotopic (exact) mass is 511 g/mol. The summed E-state index contributed by atoms with van der Waals surface area (Å²) in [6.45, 7) is 3.55. The molecular weight excluding hydrogens is 493 g/mol. The van der Waals surface area contributed by atoms with Gasteiger partial charge in [-0.2, -0.15) is 5.10 Å². The minimum Gasteiger partial charge on any atom is -0.423 e. The SMILES string of the molecule is CC(=NNC(=O)C(=O)Nc1ccc(Br)cc1F)c1ccc(OC(=O)c2ccc(C)cc2)cc1. The molecule has 3 aromatic carbocycles. The molecule has 0 aliphatic rings. The van der Waals surface area contributed by atoms with Gasteiger partial charge < -0.3 is 10.1 Å². The number of esters is 1. The van der Waals surface area contributed by atoms with Crippen LogP contribution in [0, 0.1) is 12.7 Å². The first-order chi connectivity index (χ1) is 15.7. The van der Waals surface area contributed by atoms with Gasteiger partial charge >= 0.3 is 17.8 Å². The van der Waals surface area contributed by atoms with Gasteiger partial charge in [0, 0.05) is 4.47 Å². The largest absolute Gasteiger partial charge is 0.423 e. The zero-order valence-corrected chi connectivity index (χ0v) is 19.3. The normalized spacial score (nSPS) is 11.0. The van der Waals surface area contributed by atoms with E-state index in [1.54, 1.807) is 43.3 Å². The summed E-state index contributed by atoms with van der Waals surface area (Å²) in [6, 6.07) is 17.5. The lowest BCUT2D eigenvalue weighted by Gasteiger charge is -2.07. The number of benzene rings is 3. The number of hydrogen-bond acceptors (Lipinski definition) is 5. The second-order valence-corrected chi connectivity index (χ2v) is 7.91. The molecule has 0 spiro atoms. The highest BCUT2D eigenvalue weighted by Crippen LogP contribution is 2.19. The van der Waals surface area contributed by atoms with Crippen LogP contribution >= 0.6 is 15.9 Å². The van der Waals surface area contributed by atoms with Crippen LogP contribution in [-0.4, -0.2) is 23.5 Å². The Morgan fingerprint density at radius 1 is 0.909 bits per heavy atom. The molecule has 7 nitrogen and oxygen atoms in total. The highest BCUT2D eigenvalue weighted by molar-refractivity contribution is 9.10. The van der Waals surface area contributed by atoms with E-state index < -0.39 is 23.6 Å². The molecule has 3 aromatic rings. The molecule has 33 heavy (non-hydrogen) atoms. The Hall–Kier alpha value is -3.85. The Bertz CT molecular complexity index is 1230. The summed E-state index contributed by atoms with van der Waals surface area (Å²) in [5.41, 5.74) is 4.50. The third kappa shape index (κ3) is 6.56. The predicted octanol–water partition coefficient (Wildman–Crippen LogP) is 4.59. The van der Waals surface area contributed by atoms with E-state index in [0.717, 1.165) is 11.6 Å². The van der Waals surface area contributed by atoms with Gasteiger partial charge in [0.1, 0.15) is 11.6 Å². The molecule has 0 fully saturated rings. The fraction of sp³-hybridized carbons (Fsp3) is 0.0833. The number of ether oxygens (including phenoxy) is 1. The molecule has 2 amide bonds. The zero-order valence-electron chi connectivity index (χ0n) is 17.7. The van der Waals surface area contributed by atoms with E-state index in [4.69, 9.17) is 4.74 Å². The number of anilines is 1. The van der Waals surface area contributed by atoms with Crippen molar-refractivity contribution in [2.24, 2.45) is 5.10 Å². The number of hydrazone groups is 1. The molecule has 0 saturated carbocycles. The number of carbonyl (C=O) groups is 3. The van der Waals surface area contributed by atoms with Crippen molar-refractivity contribution < 1.29 is 23.5 Å². The maximum Gasteiger partial charge on any atom is 0.343 e. The fourth-order valence-electron chi connectivity index (χ4n) is 2.64. The van der Waals surface area contributed by atoms with Crippen LogP contribution in [0.1, 0.15) is 28.4 Å². The molecule has 0 aliphatic heterocycles. The molecule has 0 radical (unpaired) electrons. The number of aryl methyl sites for hydroxylation is 1. The number of rotatable bonds is 5. The molecule has 2 N–H and O–H groups in total. The van der Waals surface area contributed by atoms with Crippen molar-refractivity contribution in [1.82, 2.24) is 5.43 Å². The summed E-state index contributed by atoms with van der Waals surface area (Å²) in [5, 5.41) is 6.07. The van der Waals surface area contributed by atoms with Crippen molar-refractivity contribution >= 4 is 45.1 Å². The van der Waals surface area contributed by atoms with Gasteiger partial charge in [0.15, 0.2) is 0 Å². The highest BCUT2D eigenvalue weighted by atomic mass is 79.9. The Labute approximate surface area is 197 Å². The van der Waals surface area contributed by atoms with E-state index in [1.807, 2.05) is 19.1 Å². The van der Waals surface area contributed by atoms with Crippen molar-refractivity contribution in [3.05, 3.63) is 93.7 Å². The van der Waals surface area contributed by atoms with Crippen molar-refractivity contribution in [3.8, 4) is 5.75 Å². The molecule has 168 valence electrons. The highest BCUT2D eigenvalue weighted by Gasteiger charge is 2.15. The summed E-state index contributed by atoms with van der Waals surface area (Å²) in [5.74, 6) is -2.94. The maximum atomic E-state index is 13.8.